The maximum atomic E-state index is 13.7. The lowest BCUT2D eigenvalue weighted by atomic mass is 10.1. The van der Waals surface area contributed by atoms with E-state index in [0.717, 1.165) is 6.07 Å². The van der Waals surface area contributed by atoms with Crippen LogP contribution in [0.15, 0.2) is 46.9 Å². The van der Waals surface area contributed by atoms with Crippen molar-refractivity contribution in [1.82, 2.24) is 9.88 Å². The Morgan fingerprint density at radius 2 is 2.03 bits per heavy atom. The number of amides is 1. The van der Waals surface area contributed by atoms with Gasteiger partial charge in [-0.3, -0.25) is 4.79 Å². The number of oxazole rings is 1. The van der Waals surface area contributed by atoms with Gasteiger partial charge in [-0.1, -0.05) is 18.2 Å². The molecule has 4 rings (SSSR count). The molecule has 6 nitrogen and oxygen atoms in total. The van der Waals surface area contributed by atoms with E-state index in [1.165, 1.54) is 35.2 Å². The normalized spacial score (nSPS) is 16.8. The van der Waals surface area contributed by atoms with Gasteiger partial charge in [-0.25, -0.2) is 4.39 Å². The molecule has 1 aliphatic rings. The molecule has 0 radical (unpaired) electrons. The zero-order valence-electron chi connectivity index (χ0n) is 15.6. The third-order valence-corrected chi connectivity index (χ3v) is 4.83. The molecule has 1 amide bonds. The highest BCUT2D eigenvalue weighted by Crippen LogP contribution is 2.29. The quantitative estimate of drug-likeness (QED) is 0.615. The van der Waals surface area contributed by atoms with E-state index in [9.17, 15) is 22.4 Å². The Balaban J connectivity index is 1.38. The molecule has 1 fully saturated rings. The van der Waals surface area contributed by atoms with E-state index in [0.29, 0.717) is 31.6 Å². The van der Waals surface area contributed by atoms with Crippen LogP contribution in [-0.4, -0.2) is 41.8 Å². The summed E-state index contributed by atoms with van der Waals surface area (Å²) in [5.74, 6) is -1.53. The lowest BCUT2D eigenvalue weighted by molar-refractivity contribution is -0.274. The van der Waals surface area contributed by atoms with Crippen LogP contribution in [0.25, 0.3) is 11.1 Å². The first-order chi connectivity index (χ1) is 14.3. The van der Waals surface area contributed by atoms with Gasteiger partial charge in [0.2, 0.25) is 0 Å². The number of fused-ring (bicyclic) bond motifs is 1. The highest BCUT2D eigenvalue weighted by molar-refractivity contribution is 5.97. The number of rotatable bonds is 5. The Hall–Kier alpha value is -3.30. The minimum atomic E-state index is -4.88. The summed E-state index contributed by atoms with van der Waals surface area (Å²) in [4.78, 5) is 18.4. The van der Waals surface area contributed by atoms with E-state index >= 15 is 0 Å². The number of aromatic nitrogens is 1. The Morgan fingerprint density at radius 1 is 1.23 bits per heavy atom. The summed E-state index contributed by atoms with van der Waals surface area (Å²) in [5, 5.41) is 2.99. The van der Waals surface area contributed by atoms with Gasteiger partial charge < -0.3 is 19.4 Å². The molecule has 0 saturated carbocycles. The number of carbonyl (C=O) groups is 1. The number of likely N-dealkylation sites (tertiary alicyclic amines) is 1. The smallest absolute Gasteiger partial charge is 0.420 e. The predicted molar refractivity (Wildman–Crippen MR) is 99.6 cm³/mol. The van der Waals surface area contributed by atoms with E-state index in [4.69, 9.17) is 4.42 Å². The first kappa shape index (κ1) is 20.0. The van der Waals surface area contributed by atoms with Crippen molar-refractivity contribution in [3.8, 4) is 5.75 Å². The van der Waals surface area contributed by atoms with Crippen LogP contribution in [0.5, 0.6) is 5.75 Å². The summed E-state index contributed by atoms with van der Waals surface area (Å²) >= 11 is 0. The minimum Gasteiger partial charge on any atom is -0.420 e. The van der Waals surface area contributed by atoms with Gasteiger partial charge in [-0.05, 0) is 36.6 Å². The van der Waals surface area contributed by atoms with E-state index in [1.807, 2.05) is 0 Å². The number of halogens is 4. The second-order valence-electron chi connectivity index (χ2n) is 6.94. The van der Waals surface area contributed by atoms with Crippen LogP contribution in [0.1, 0.15) is 16.8 Å². The number of hydrogen-bond donors (Lipinski definition) is 1. The molecule has 1 saturated heterocycles. The summed E-state index contributed by atoms with van der Waals surface area (Å²) in [7, 11) is 0. The fourth-order valence-corrected chi connectivity index (χ4v) is 3.43. The first-order valence-electron chi connectivity index (χ1n) is 9.23. The number of nitrogens with zero attached hydrogens (tertiary/aromatic N) is 2. The number of ether oxygens (including phenoxy) is 1. The standard InChI is InChI=1S/C20H17F4N3O3/c21-14-5-3-6-15-17(14)29-19(26-15)25-10-12-8-9-27(11-12)18(28)13-4-1-2-7-16(13)30-20(22,23)24/h1-7,12H,8-11H2,(H,25,26)/t12-/m1/s1. The van der Waals surface area contributed by atoms with Crippen molar-refractivity contribution >= 4 is 23.0 Å². The fourth-order valence-electron chi connectivity index (χ4n) is 3.43. The number of alkyl halides is 3. The molecule has 158 valence electrons. The van der Waals surface area contributed by atoms with Gasteiger partial charge in [0.25, 0.3) is 11.9 Å². The largest absolute Gasteiger partial charge is 0.573 e. The van der Waals surface area contributed by atoms with E-state index in [1.54, 1.807) is 6.07 Å². The molecule has 30 heavy (non-hydrogen) atoms. The van der Waals surface area contributed by atoms with Gasteiger partial charge in [0, 0.05) is 19.6 Å². The highest BCUT2D eigenvalue weighted by atomic mass is 19.4. The average molecular weight is 423 g/mol. The van der Waals surface area contributed by atoms with Crippen molar-refractivity contribution in [3.63, 3.8) is 0 Å². The Bertz CT molecular complexity index is 1070. The SMILES string of the molecule is O=C(c1ccccc1OC(F)(F)F)N1CC[C@H](CNc2nc3cccc(F)c3o2)C1. The molecule has 1 aliphatic heterocycles. The van der Waals surface area contributed by atoms with E-state index < -0.39 is 23.8 Å². The number of anilines is 1. The zero-order valence-corrected chi connectivity index (χ0v) is 15.6. The topological polar surface area (TPSA) is 67.6 Å². The summed E-state index contributed by atoms with van der Waals surface area (Å²) in [6.07, 6.45) is -4.23. The van der Waals surface area contributed by atoms with Crippen LogP contribution < -0.4 is 10.1 Å². The summed E-state index contributed by atoms with van der Waals surface area (Å²) in [6.45, 7) is 1.16. The third kappa shape index (κ3) is 4.32. The third-order valence-electron chi connectivity index (χ3n) is 4.83. The van der Waals surface area contributed by atoms with Crippen LogP contribution in [0.4, 0.5) is 23.6 Å². The van der Waals surface area contributed by atoms with E-state index in [-0.39, 0.29) is 23.1 Å². The van der Waals surface area contributed by atoms with E-state index in [2.05, 4.69) is 15.0 Å². The summed E-state index contributed by atoms with van der Waals surface area (Å²) in [6, 6.07) is 9.88. The molecular weight excluding hydrogens is 406 g/mol. The Kier molecular flexibility index (Phi) is 5.23. The molecular formula is C20H17F4N3O3. The van der Waals surface area contributed by atoms with Crippen molar-refractivity contribution in [2.24, 2.45) is 5.92 Å². The molecule has 2 aromatic carbocycles. The van der Waals surface area contributed by atoms with Crippen molar-refractivity contribution in [1.29, 1.82) is 0 Å². The molecule has 0 aliphatic carbocycles. The maximum Gasteiger partial charge on any atom is 0.573 e. The maximum absolute atomic E-state index is 13.7. The number of nitrogens with one attached hydrogen (secondary N) is 1. The van der Waals surface area contributed by atoms with Crippen molar-refractivity contribution < 1.29 is 31.5 Å². The summed E-state index contributed by atoms with van der Waals surface area (Å²) in [5.41, 5.74) is 0.310. The second kappa shape index (κ2) is 7.85. The molecule has 3 aromatic rings. The summed E-state index contributed by atoms with van der Waals surface area (Å²) < 4.78 is 60.8. The molecule has 0 unspecified atom stereocenters. The average Bonchev–Trinajstić information content (AvgIpc) is 3.32. The molecule has 0 bridgehead atoms. The molecule has 1 aromatic heterocycles. The molecule has 2 heterocycles. The van der Waals surface area contributed by atoms with Crippen molar-refractivity contribution in [2.75, 3.05) is 25.0 Å². The lowest BCUT2D eigenvalue weighted by Gasteiger charge is -2.19. The van der Waals surface area contributed by atoms with Crippen LogP contribution in [0, 0.1) is 11.7 Å². The van der Waals surface area contributed by atoms with Gasteiger partial charge in [0.05, 0.1) is 5.56 Å². The molecule has 0 spiro atoms. The molecule has 10 heteroatoms. The van der Waals surface area contributed by atoms with Gasteiger partial charge in [-0.15, -0.1) is 13.2 Å². The van der Waals surface area contributed by atoms with Crippen molar-refractivity contribution in [3.05, 3.63) is 53.8 Å². The van der Waals surface area contributed by atoms with Crippen molar-refractivity contribution in [2.45, 2.75) is 12.8 Å². The van der Waals surface area contributed by atoms with Gasteiger partial charge in [0.1, 0.15) is 11.3 Å². The van der Waals surface area contributed by atoms with Crippen LogP contribution >= 0.6 is 0 Å². The molecule has 1 N–H and O–H groups in total. The second-order valence-corrected chi connectivity index (χ2v) is 6.94. The van der Waals surface area contributed by atoms with Gasteiger partial charge in [-0.2, -0.15) is 4.98 Å². The Labute approximate surface area is 168 Å². The zero-order chi connectivity index (χ0) is 21.3. The number of para-hydroxylation sites is 2. The number of hydrogen-bond acceptors (Lipinski definition) is 5. The minimum absolute atomic E-state index is 0.0319. The lowest BCUT2D eigenvalue weighted by Crippen LogP contribution is -2.30. The van der Waals surface area contributed by atoms with Crippen LogP contribution in [-0.2, 0) is 0 Å². The highest BCUT2D eigenvalue weighted by Gasteiger charge is 2.34. The molecule has 1 atom stereocenters. The fraction of sp³-hybridized carbons (Fsp3) is 0.300. The first-order valence-corrected chi connectivity index (χ1v) is 9.23. The monoisotopic (exact) mass is 423 g/mol. The number of benzene rings is 2. The Morgan fingerprint density at radius 3 is 2.80 bits per heavy atom. The predicted octanol–water partition coefficient (Wildman–Crippen LogP) is 4.44. The van der Waals surface area contributed by atoms with Crippen LogP contribution in [0.3, 0.4) is 0 Å². The number of carbonyl (C=O) groups excluding carboxylic acids is 1. The van der Waals surface area contributed by atoms with Crippen LogP contribution in [0.2, 0.25) is 0 Å². The van der Waals surface area contributed by atoms with Gasteiger partial charge >= 0.3 is 6.36 Å². The van der Waals surface area contributed by atoms with Gasteiger partial charge in [0.15, 0.2) is 11.4 Å².